The summed E-state index contributed by atoms with van der Waals surface area (Å²) in [6.07, 6.45) is 3.40. The number of morpholine rings is 1. The first-order chi connectivity index (χ1) is 14.8. The molecule has 1 aliphatic heterocycles. The van der Waals surface area contributed by atoms with Crippen molar-refractivity contribution in [3.8, 4) is 17.0 Å². The maximum absolute atomic E-state index is 9.25. The van der Waals surface area contributed by atoms with Crippen LogP contribution in [0.4, 0.5) is 17.5 Å². The van der Waals surface area contributed by atoms with Crippen molar-refractivity contribution in [3.05, 3.63) is 54.4 Å². The molecular weight excluding hydrogens is 386 g/mol. The van der Waals surface area contributed by atoms with E-state index in [0.29, 0.717) is 55.1 Å². The molecule has 0 radical (unpaired) electrons. The van der Waals surface area contributed by atoms with E-state index in [0.717, 1.165) is 11.3 Å². The molecular formula is C21H23N5O4. The van der Waals surface area contributed by atoms with Gasteiger partial charge in [0.2, 0.25) is 5.95 Å². The largest absolute Gasteiger partial charge is 0.497 e. The number of benzene rings is 1. The molecule has 1 aromatic carbocycles. The van der Waals surface area contributed by atoms with Crippen LogP contribution in [0.3, 0.4) is 0 Å². The Morgan fingerprint density at radius 3 is 2.77 bits per heavy atom. The summed E-state index contributed by atoms with van der Waals surface area (Å²) in [4.78, 5) is 20.3. The molecule has 0 spiro atoms. The first-order valence-electron chi connectivity index (χ1n) is 9.60. The van der Waals surface area contributed by atoms with Crippen LogP contribution in [0, 0.1) is 0 Å². The van der Waals surface area contributed by atoms with Crippen LogP contribution in [0.25, 0.3) is 11.3 Å². The third kappa shape index (κ3) is 4.48. The predicted octanol–water partition coefficient (Wildman–Crippen LogP) is 3.12. The lowest BCUT2D eigenvalue weighted by Gasteiger charge is -2.28. The normalized spacial score (nSPS) is 13.9. The van der Waals surface area contributed by atoms with Crippen LogP contribution in [0.5, 0.6) is 5.75 Å². The molecule has 3 aromatic rings. The molecule has 30 heavy (non-hydrogen) atoms. The molecule has 0 saturated carbocycles. The van der Waals surface area contributed by atoms with Crippen LogP contribution in [0.1, 0.15) is 5.56 Å². The quantitative estimate of drug-likeness (QED) is 0.450. The van der Waals surface area contributed by atoms with Crippen LogP contribution in [0.15, 0.2) is 48.8 Å². The molecule has 9 heteroatoms. The van der Waals surface area contributed by atoms with Gasteiger partial charge in [0, 0.05) is 24.8 Å². The first-order valence-corrected chi connectivity index (χ1v) is 9.60. The summed E-state index contributed by atoms with van der Waals surface area (Å²) in [7, 11) is 1.62. The van der Waals surface area contributed by atoms with Crippen LogP contribution in [0.2, 0.25) is 0 Å². The van der Waals surface area contributed by atoms with Gasteiger partial charge in [0.1, 0.15) is 18.2 Å². The first kappa shape index (κ1) is 20.0. The highest BCUT2D eigenvalue weighted by Crippen LogP contribution is 2.33. The Hall–Kier alpha value is -3.27. The second-order valence-corrected chi connectivity index (χ2v) is 6.67. The molecule has 0 aliphatic carbocycles. The van der Waals surface area contributed by atoms with Gasteiger partial charge in [0.05, 0.1) is 43.5 Å². The number of anilines is 3. The zero-order chi connectivity index (χ0) is 20.8. The van der Waals surface area contributed by atoms with Crippen molar-refractivity contribution < 1.29 is 19.6 Å². The number of methoxy groups -OCH3 is 1. The summed E-state index contributed by atoms with van der Waals surface area (Å²) >= 11 is 0. The van der Waals surface area contributed by atoms with E-state index in [1.807, 2.05) is 36.4 Å². The van der Waals surface area contributed by atoms with Crippen molar-refractivity contribution in [3.63, 3.8) is 0 Å². The molecule has 0 bridgehead atoms. The average Bonchev–Trinajstić information content (AvgIpc) is 2.81. The Labute approximate surface area is 174 Å². The number of hydrogen-bond acceptors (Lipinski definition) is 9. The average molecular weight is 409 g/mol. The van der Waals surface area contributed by atoms with Crippen molar-refractivity contribution >= 4 is 17.5 Å². The summed E-state index contributed by atoms with van der Waals surface area (Å²) in [5.74, 6) is 1.81. The number of rotatable bonds is 7. The lowest BCUT2D eigenvalue weighted by atomic mass is 10.1. The fraction of sp³-hybridized carbons (Fsp3) is 0.286. The SMILES string of the molecule is COc1cccc(-c2nc(N3CCOCC3)nc(Nc3cccnc3)c2COO)c1. The third-order valence-corrected chi connectivity index (χ3v) is 4.77. The molecule has 2 aromatic heterocycles. The number of nitrogens with zero attached hydrogens (tertiary/aromatic N) is 4. The van der Waals surface area contributed by atoms with Gasteiger partial charge in [-0.2, -0.15) is 4.98 Å². The van der Waals surface area contributed by atoms with E-state index >= 15 is 0 Å². The molecule has 1 aliphatic rings. The summed E-state index contributed by atoms with van der Waals surface area (Å²) in [6, 6.07) is 11.3. The van der Waals surface area contributed by atoms with Crippen molar-refractivity contribution in [2.75, 3.05) is 43.6 Å². The van der Waals surface area contributed by atoms with E-state index in [1.54, 1.807) is 19.5 Å². The molecule has 0 unspecified atom stereocenters. The molecule has 4 rings (SSSR count). The molecule has 3 heterocycles. The summed E-state index contributed by atoms with van der Waals surface area (Å²) in [5.41, 5.74) is 2.85. The van der Waals surface area contributed by atoms with Gasteiger partial charge < -0.3 is 19.7 Å². The van der Waals surface area contributed by atoms with Crippen molar-refractivity contribution in [1.29, 1.82) is 0 Å². The molecule has 1 fully saturated rings. The van der Waals surface area contributed by atoms with E-state index in [1.165, 1.54) is 0 Å². The minimum atomic E-state index is -0.0848. The maximum atomic E-state index is 9.25. The number of hydrogen-bond donors (Lipinski definition) is 2. The van der Waals surface area contributed by atoms with Gasteiger partial charge in [0.15, 0.2) is 0 Å². The second-order valence-electron chi connectivity index (χ2n) is 6.67. The Kier molecular flexibility index (Phi) is 6.33. The lowest BCUT2D eigenvalue weighted by molar-refractivity contribution is -0.252. The smallest absolute Gasteiger partial charge is 0.228 e. The summed E-state index contributed by atoms with van der Waals surface area (Å²) in [5, 5.41) is 12.5. The Morgan fingerprint density at radius 1 is 1.17 bits per heavy atom. The van der Waals surface area contributed by atoms with Crippen molar-refractivity contribution in [1.82, 2.24) is 15.0 Å². The van der Waals surface area contributed by atoms with E-state index in [9.17, 15) is 5.26 Å². The molecule has 2 N–H and O–H groups in total. The molecule has 156 valence electrons. The predicted molar refractivity (Wildman–Crippen MR) is 112 cm³/mol. The van der Waals surface area contributed by atoms with Crippen LogP contribution < -0.4 is 15.0 Å². The molecule has 9 nitrogen and oxygen atoms in total. The van der Waals surface area contributed by atoms with Gasteiger partial charge in [0.25, 0.3) is 0 Å². The molecule has 0 amide bonds. The monoisotopic (exact) mass is 409 g/mol. The van der Waals surface area contributed by atoms with Crippen LogP contribution >= 0.6 is 0 Å². The second kappa shape index (κ2) is 9.49. The number of aromatic nitrogens is 3. The Balaban J connectivity index is 1.85. The minimum absolute atomic E-state index is 0.0848. The minimum Gasteiger partial charge on any atom is -0.497 e. The molecule has 1 saturated heterocycles. The van der Waals surface area contributed by atoms with E-state index in [-0.39, 0.29) is 6.61 Å². The Bertz CT molecular complexity index is 980. The van der Waals surface area contributed by atoms with E-state index in [2.05, 4.69) is 20.1 Å². The standard InChI is InChI=1S/C21H23N5O4/c1-28-17-6-2-4-15(12-17)19-18(14-30-27)20(23-16-5-3-7-22-13-16)25-21(24-19)26-8-10-29-11-9-26/h2-7,12-13,27H,8-11,14H2,1H3,(H,23,24,25). The Morgan fingerprint density at radius 2 is 2.03 bits per heavy atom. The highest BCUT2D eigenvalue weighted by atomic mass is 17.1. The zero-order valence-electron chi connectivity index (χ0n) is 16.6. The summed E-state index contributed by atoms with van der Waals surface area (Å²) in [6.45, 7) is 2.54. The third-order valence-electron chi connectivity index (χ3n) is 4.77. The van der Waals surface area contributed by atoms with Gasteiger partial charge in [-0.25, -0.2) is 9.87 Å². The van der Waals surface area contributed by atoms with Gasteiger partial charge in [-0.15, -0.1) is 0 Å². The highest BCUT2D eigenvalue weighted by Gasteiger charge is 2.21. The van der Waals surface area contributed by atoms with Crippen molar-refractivity contribution in [2.24, 2.45) is 0 Å². The molecule has 0 atom stereocenters. The zero-order valence-corrected chi connectivity index (χ0v) is 16.6. The van der Waals surface area contributed by atoms with Gasteiger partial charge >= 0.3 is 0 Å². The number of nitrogens with one attached hydrogen (secondary N) is 1. The number of pyridine rings is 1. The topological polar surface area (TPSA) is 102 Å². The van der Waals surface area contributed by atoms with Gasteiger partial charge in [-0.3, -0.25) is 10.2 Å². The van der Waals surface area contributed by atoms with Gasteiger partial charge in [-0.1, -0.05) is 12.1 Å². The lowest BCUT2D eigenvalue weighted by Crippen LogP contribution is -2.37. The van der Waals surface area contributed by atoms with E-state index in [4.69, 9.17) is 19.4 Å². The highest BCUT2D eigenvalue weighted by molar-refractivity contribution is 5.73. The van der Waals surface area contributed by atoms with Gasteiger partial charge in [-0.05, 0) is 24.3 Å². The summed E-state index contributed by atoms with van der Waals surface area (Å²) < 4.78 is 10.8. The fourth-order valence-corrected chi connectivity index (χ4v) is 3.26. The van der Waals surface area contributed by atoms with Crippen LogP contribution in [-0.4, -0.2) is 53.6 Å². The maximum Gasteiger partial charge on any atom is 0.228 e. The van der Waals surface area contributed by atoms with Crippen molar-refractivity contribution in [2.45, 2.75) is 6.61 Å². The fourth-order valence-electron chi connectivity index (χ4n) is 3.26. The number of ether oxygens (including phenoxy) is 2. The van der Waals surface area contributed by atoms with Crippen LogP contribution in [-0.2, 0) is 16.2 Å². The van der Waals surface area contributed by atoms with E-state index < -0.39 is 0 Å².